The smallest absolute Gasteiger partial charge is 0.128 e. The van der Waals surface area contributed by atoms with Gasteiger partial charge in [0.2, 0.25) is 0 Å². The lowest BCUT2D eigenvalue weighted by atomic mass is 10.00. The molecule has 1 fully saturated rings. The quantitative estimate of drug-likeness (QED) is 0.859. The van der Waals surface area contributed by atoms with Crippen LogP contribution >= 0.6 is 11.8 Å². The fourth-order valence-corrected chi connectivity index (χ4v) is 3.86. The minimum atomic E-state index is 0.352. The van der Waals surface area contributed by atoms with Crippen molar-refractivity contribution in [3.05, 3.63) is 23.4 Å². The van der Waals surface area contributed by atoms with Crippen molar-refractivity contribution in [2.45, 2.75) is 44.4 Å². The third-order valence-corrected chi connectivity index (χ3v) is 4.83. The van der Waals surface area contributed by atoms with Crippen LogP contribution in [0.2, 0.25) is 0 Å². The molecule has 2 heterocycles. The summed E-state index contributed by atoms with van der Waals surface area (Å²) in [5.74, 6) is 1.95. The van der Waals surface area contributed by atoms with Gasteiger partial charge in [0.05, 0.1) is 0 Å². The summed E-state index contributed by atoms with van der Waals surface area (Å²) in [5, 5.41) is 4.30. The Bertz CT molecular complexity index is 389. The molecule has 2 atom stereocenters. The van der Waals surface area contributed by atoms with Gasteiger partial charge in [0.15, 0.2) is 0 Å². The molecule has 0 aromatic carbocycles. The molecule has 1 aliphatic rings. The molecule has 0 saturated carbocycles. The van der Waals surface area contributed by atoms with Gasteiger partial charge in [-0.2, -0.15) is 11.8 Å². The topological polar surface area (TPSA) is 50.9 Å². The average molecular weight is 265 g/mol. The Morgan fingerprint density at radius 1 is 1.61 bits per heavy atom. The van der Waals surface area contributed by atoms with E-state index in [9.17, 15) is 0 Å². The first-order valence-electron chi connectivity index (χ1n) is 6.79. The molecule has 1 aliphatic heterocycles. The van der Waals surface area contributed by atoms with Crippen LogP contribution in [-0.4, -0.2) is 22.5 Å². The monoisotopic (exact) mass is 265 g/mol. The molecule has 0 bridgehead atoms. The van der Waals surface area contributed by atoms with Crippen molar-refractivity contribution in [2.24, 2.45) is 0 Å². The number of aromatic nitrogens is 1. The first-order chi connectivity index (χ1) is 8.72. The van der Waals surface area contributed by atoms with Gasteiger partial charge < -0.3 is 11.1 Å². The van der Waals surface area contributed by atoms with E-state index in [0.717, 1.165) is 13.0 Å². The summed E-state index contributed by atoms with van der Waals surface area (Å²) in [6.45, 7) is 5.31. The van der Waals surface area contributed by atoms with Gasteiger partial charge in [-0.05, 0) is 50.1 Å². The Hall–Kier alpha value is -0.740. The van der Waals surface area contributed by atoms with E-state index in [1.165, 1.54) is 29.7 Å². The summed E-state index contributed by atoms with van der Waals surface area (Å²) < 4.78 is 0. The highest BCUT2D eigenvalue weighted by Crippen LogP contribution is 2.37. The second-order valence-corrected chi connectivity index (χ2v) is 6.32. The van der Waals surface area contributed by atoms with E-state index >= 15 is 0 Å². The lowest BCUT2D eigenvalue weighted by Crippen LogP contribution is -2.30. The maximum Gasteiger partial charge on any atom is 0.128 e. The number of thioether (sulfide) groups is 1. The number of nitrogens with zero attached hydrogens (tertiary/aromatic N) is 1. The number of nitrogens with two attached hydrogens (primary N) is 1. The van der Waals surface area contributed by atoms with Crippen molar-refractivity contribution in [2.75, 3.05) is 18.0 Å². The number of rotatable bonds is 5. The number of nitrogens with one attached hydrogen (secondary N) is 1. The molecule has 0 amide bonds. The molecule has 1 aromatic heterocycles. The van der Waals surface area contributed by atoms with Crippen molar-refractivity contribution in [1.82, 2.24) is 10.3 Å². The first-order valence-corrected chi connectivity index (χ1v) is 7.84. The highest BCUT2D eigenvalue weighted by Gasteiger charge is 2.28. The summed E-state index contributed by atoms with van der Waals surface area (Å²) in [5.41, 5.74) is 8.44. The summed E-state index contributed by atoms with van der Waals surface area (Å²) >= 11 is 2.06. The number of aryl methyl sites for hydroxylation is 1. The van der Waals surface area contributed by atoms with Gasteiger partial charge in [-0.25, -0.2) is 4.98 Å². The van der Waals surface area contributed by atoms with Crippen LogP contribution in [0.15, 0.2) is 12.3 Å². The molecular formula is C14H23N3S. The molecule has 2 rings (SSSR count). The Morgan fingerprint density at radius 2 is 2.44 bits per heavy atom. The number of anilines is 1. The van der Waals surface area contributed by atoms with E-state index in [1.54, 1.807) is 0 Å². The predicted molar refractivity (Wildman–Crippen MR) is 79.9 cm³/mol. The zero-order chi connectivity index (χ0) is 13.0. The molecular weight excluding hydrogens is 242 g/mol. The highest BCUT2D eigenvalue weighted by molar-refractivity contribution is 8.00. The van der Waals surface area contributed by atoms with Gasteiger partial charge in [0.25, 0.3) is 0 Å². The van der Waals surface area contributed by atoms with Gasteiger partial charge in [-0.3, -0.25) is 0 Å². The van der Waals surface area contributed by atoms with Crippen LogP contribution in [0.3, 0.4) is 0 Å². The van der Waals surface area contributed by atoms with Crippen LogP contribution in [0, 0.1) is 6.92 Å². The summed E-state index contributed by atoms with van der Waals surface area (Å²) in [7, 11) is 0. The van der Waals surface area contributed by atoms with Crippen molar-refractivity contribution in [3.8, 4) is 0 Å². The average Bonchev–Trinajstić information content (AvgIpc) is 2.88. The van der Waals surface area contributed by atoms with Crippen LogP contribution in [0.5, 0.6) is 0 Å². The largest absolute Gasteiger partial charge is 0.383 e. The maximum atomic E-state index is 6.07. The van der Waals surface area contributed by atoms with Crippen molar-refractivity contribution < 1.29 is 0 Å². The maximum absolute atomic E-state index is 6.07. The first kappa shape index (κ1) is 13.7. The summed E-state index contributed by atoms with van der Waals surface area (Å²) in [4.78, 5) is 4.31. The highest BCUT2D eigenvalue weighted by atomic mass is 32.2. The zero-order valence-electron chi connectivity index (χ0n) is 11.3. The Balaban J connectivity index is 2.23. The third kappa shape index (κ3) is 3.18. The van der Waals surface area contributed by atoms with E-state index in [4.69, 9.17) is 5.73 Å². The van der Waals surface area contributed by atoms with Crippen LogP contribution in [0.4, 0.5) is 5.82 Å². The van der Waals surface area contributed by atoms with Gasteiger partial charge >= 0.3 is 0 Å². The fraction of sp³-hybridized carbons (Fsp3) is 0.643. The molecule has 3 N–H and O–H groups in total. The van der Waals surface area contributed by atoms with Gasteiger partial charge in [-0.15, -0.1) is 0 Å². The standard InChI is InChI=1S/C14H23N3S/c1-3-6-16-13(12-5-4-7-18-12)11-8-10(2)9-17-14(11)15/h8-9,12-13,16H,3-7H2,1-2H3,(H2,15,17). The van der Waals surface area contributed by atoms with E-state index in [1.807, 2.05) is 6.20 Å². The van der Waals surface area contributed by atoms with Gasteiger partial charge in [0, 0.05) is 23.1 Å². The predicted octanol–water partition coefficient (Wildman–Crippen LogP) is 2.91. The minimum Gasteiger partial charge on any atom is -0.383 e. The number of nitrogen functional groups attached to an aromatic ring is 1. The second-order valence-electron chi connectivity index (χ2n) is 4.97. The lowest BCUT2D eigenvalue weighted by Gasteiger charge is -2.25. The SMILES string of the molecule is CCCNC(c1cc(C)cnc1N)C1CCCS1. The van der Waals surface area contributed by atoms with Crippen molar-refractivity contribution in [3.63, 3.8) is 0 Å². The van der Waals surface area contributed by atoms with E-state index in [-0.39, 0.29) is 0 Å². The van der Waals surface area contributed by atoms with Gasteiger partial charge in [0.1, 0.15) is 5.82 Å². The van der Waals surface area contributed by atoms with E-state index in [0.29, 0.717) is 17.1 Å². The van der Waals surface area contributed by atoms with Crippen molar-refractivity contribution >= 4 is 17.6 Å². The molecule has 0 spiro atoms. The normalized spacial score (nSPS) is 21.1. The fourth-order valence-electron chi connectivity index (χ4n) is 2.46. The van der Waals surface area contributed by atoms with Crippen LogP contribution < -0.4 is 11.1 Å². The van der Waals surface area contributed by atoms with Crippen LogP contribution in [0.1, 0.15) is 43.4 Å². The number of hydrogen-bond donors (Lipinski definition) is 2. The molecule has 0 aliphatic carbocycles. The Kier molecular flexibility index (Phi) is 4.89. The molecule has 1 saturated heterocycles. The molecule has 2 unspecified atom stereocenters. The molecule has 4 heteroatoms. The van der Waals surface area contributed by atoms with Crippen LogP contribution in [0.25, 0.3) is 0 Å². The second kappa shape index (κ2) is 6.43. The Morgan fingerprint density at radius 3 is 3.11 bits per heavy atom. The summed E-state index contributed by atoms with van der Waals surface area (Å²) in [6, 6.07) is 2.54. The zero-order valence-corrected chi connectivity index (χ0v) is 12.1. The van der Waals surface area contributed by atoms with Crippen LogP contribution in [-0.2, 0) is 0 Å². The Labute approximate surface area is 114 Å². The number of hydrogen-bond acceptors (Lipinski definition) is 4. The van der Waals surface area contributed by atoms with E-state index < -0.39 is 0 Å². The molecule has 3 nitrogen and oxygen atoms in total. The van der Waals surface area contributed by atoms with Crippen molar-refractivity contribution in [1.29, 1.82) is 0 Å². The molecule has 100 valence electrons. The molecule has 0 radical (unpaired) electrons. The number of pyridine rings is 1. The molecule has 18 heavy (non-hydrogen) atoms. The van der Waals surface area contributed by atoms with Gasteiger partial charge in [-0.1, -0.05) is 6.92 Å². The molecule has 1 aromatic rings. The third-order valence-electron chi connectivity index (χ3n) is 3.37. The minimum absolute atomic E-state index is 0.352. The lowest BCUT2D eigenvalue weighted by molar-refractivity contribution is 0.503. The summed E-state index contributed by atoms with van der Waals surface area (Å²) in [6.07, 6.45) is 5.59. The van der Waals surface area contributed by atoms with E-state index in [2.05, 4.69) is 42.0 Å².